The van der Waals surface area contributed by atoms with Gasteiger partial charge in [0.1, 0.15) is 5.75 Å². The molecule has 6 heteroatoms. The van der Waals surface area contributed by atoms with Crippen LogP contribution in [-0.4, -0.2) is 40.9 Å². The molecule has 0 atom stereocenters. The maximum atomic E-state index is 5.33. The number of tetrazole rings is 1. The van der Waals surface area contributed by atoms with E-state index < -0.39 is 0 Å². The highest BCUT2D eigenvalue weighted by Crippen LogP contribution is 2.22. The lowest BCUT2D eigenvalue weighted by Gasteiger charge is -2.10. The van der Waals surface area contributed by atoms with Gasteiger partial charge in [-0.1, -0.05) is 6.92 Å². The summed E-state index contributed by atoms with van der Waals surface area (Å²) in [5.74, 6) is 1.75. The zero-order chi connectivity index (χ0) is 13.7. The van der Waals surface area contributed by atoms with Gasteiger partial charge < -0.3 is 10.1 Å². The molecule has 1 N–H and O–H groups in total. The van der Waals surface area contributed by atoms with E-state index in [-0.39, 0.29) is 0 Å². The molecular formula is C13H19N5O. The Labute approximate surface area is 112 Å². The van der Waals surface area contributed by atoms with Crippen molar-refractivity contribution in [1.29, 1.82) is 0 Å². The summed E-state index contributed by atoms with van der Waals surface area (Å²) < 4.78 is 7.11. The SMILES string of the molecule is CCc1cc(-n2nnnc2CCNC)ccc1OC. The van der Waals surface area contributed by atoms with E-state index in [4.69, 9.17) is 4.74 Å². The number of likely N-dealkylation sites (N-methyl/N-ethyl adjacent to an activating group) is 1. The summed E-state index contributed by atoms with van der Waals surface area (Å²) in [7, 11) is 3.60. The lowest BCUT2D eigenvalue weighted by Crippen LogP contribution is -2.14. The Bertz CT molecular complexity index is 538. The van der Waals surface area contributed by atoms with Gasteiger partial charge in [0.15, 0.2) is 5.82 Å². The Morgan fingerprint density at radius 1 is 1.37 bits per heavy atom. The predicted octanol–water partition coefficient (Wildman–Crippen LogP) is 0.995. The van der Waals surface area contributed by atoms with Gasteiger partial charge in [-0.15, -0.1) is 5.10 Å². The third kappa shape index (κ3) is 2.90. The number of methoxy groups -OCH3 is 1. The number of nitrogens with zero attached hydrogens (tertiary/aromatic N) is 4. The number of ether oxygens (including phenoxy) is 1. The second-order valence-electron chi connectivity index (χ2n) is 4.21. The monoisotopic (exact) mass is 261 g/mol. The fourth-order valence-corrected chi connectivity index (χ4v) is 1.97. The van der Waals surface area contributed by atoms with Crippen molar-refractivity contribution in [2.45, 2.75) is 19.8 Å². The molecule has 1 aromatic carbocycles. The minimum Gasteiger partial charge on any atom is -0.496 e. The zero-order valence-corrected chi connectivity index (χ0v) is 11.6. The van der Waals surface area contributed by atoms with Gasteiger partial charge in [0, 0.05) is 13.0 Å². The van der Waals surface area contributed by atoms with Crippen molar-refractivity contribution >= 4 is 0 Å². The Hall–Kier alpha value is -1.95. The number of benzene rings is 1. The Morgan fingerprint density at radius 2 is 2.21 bits per heavy atom. The van der Waals surface area contributed by atoms with Crippen LogP contribution in [0.5, 0.6) is 5.75 Å². The number of aryl methyl sites for hydroxylation is 1. The lowest BCUT2D eigenvalue weighted by molar-refractivity contribution is 0.410. The summed E-state index contributed by atoms with van der Waals surface area (Å²) in [6.07, 6.45) is 1.70. The first-order valence-corrected chi connectivity index (χ1v) is 6.39. The van der Waals surface area contributed by atoms with E-state index in [1.165, 1.54) is 0 Å². The van der Waals surface area contributed by atoms with Gasteiger partial charge in [-0.2, -0.15) is 4.68 Å². The lowest BCUT2D eigenvalue weighted by atomic mass is 10.1. The minimum atomic E-state index is 0.789. The highest BCUT2D eigenvalue weighted by atomic mass is 16.5. The number of nitrogens with one attached hydrogen (secondary N) is 1. The normalized spacial score (nSPS) is 10.7. The van der Waals surface area contributed by atoms with E-state index in [2.05, 4.69) is 33.8 Å². The summed E-state index contributed by atoms with van der Waals surface area (Å²) in [6.45, 7) is 2.94. The number of hydrogen-bond donors (Lipinski definition) is 1. The molecule has 0 aliphatic carbocycles. The van der Waals surface area contributed by atoms with Crippen LogP contribution in [0.4, 0.5) is 0 Å². The van der Waals surface area contributed by atoms with Crippen molar-refractivity contribution < 1.29 is 4.74 Å². The van der Waals surface area contributed by atoms with Gasteiger partial charge in [0.05, 0.1) is 12.8 Å². The van der Waals surface area contributed by atoms with Crippen LogP contribution >= 0.6 is 0 Å². The fourth-order valence-electron chi connectivity index (χ4n) is 1.97. The molecule has 0 fully saturated rings. The fraction of sp³-hybridized carbons (Fsp3) is 0.462. The van der Waals surface area contributed by atoms with Gasteiger partial charge in [0.2, 0.25) is 0 Å². The molecule has 2 aromatic rings. The van der Waals surface area contributed by atoms with Crippen molar-refractivity contribution in [1.82, 2.24) is 25.5 Å². The van der Waals surface area contributed by atoms with Gasteiger partial charge in [-0.25, -0.2) is 0 Å². The minimum absolute atomic E-state index is 0.789. The summed E-state index contributed by atoms with van der Waals surface area (Å²) in [4.78, 5) is 0. The highest BCUT2D eigenvalue weighted by molar-refractivity contribution is 5.44. The van der Waals surface area contributed by atoms with Crippen LogP contribution in [0.15, 0.2) is 18.2 Å². The summed E-state index contributed by atoms with van der Waals surface area (Å²) in [5.41, 5.74) is 2.11. The van der Waals surface area contributed by atoms with Gasteiger partial charge in [-0.05, 0) is 47.7 Å². The van der Waals surface area contributed by atoms with E-state index in [0.717, 1.165) is 42.2 Å². The molecule has 0 aliphatic heterocycles. The van der Waals surface area contributed by atoms with Crippen molar-refractivity contribution in [3.63, 3.8) is 0 Å². The molecule has 0 radical (unpaired) electrons. The third-order valence-electron chi connectivity index (χ3n) is 3.02. The number of hydrogen-bond acceptors (Lipinski definition) is 5. The first-order chi connectivity index (χ1) is 9.30. The van der Waals surface area contributed by atoms with Crippen molar-refractivity contribution in [2.24, 2.45) is 0 Å². The van der Waals surface area contributed by atoms with Crippen LogP contribution < -0.4 is 10.1 Å². The molecule has 0 aliphatic rings. The first kappa shape index (κ1) is 13.5. The molecule has 0 unspecified atom stereocenters. The molecule has 6 nitrogen and oxygen atoms in total. The third-order valence-corrected chi connectivity index (χ3v) is 3.02. The van der Waals surface area contributed by atoms with Crippen LogP contribution in [0.3, 0.4) is 0 Å². The van der Waals surface area contributed by atoms with Crippen molar-refractivity contribution in [2.75, 3.05) is 20.7 Å². The summed E-state index contributed by atoms with van der Waals surface area (Å²) in [6, 6.07) is 5.99. The van der Waals surface area contributed by atoms with E-state index in [1.807, 2.05) is 19.2 Å². The quantitative estimate of drug-likeness (QED) is 0.840. The number of rotatable bonds is 6. The molecule has 19 heavy (non-hydrogen) atoms. The van der Waals surface area contributed by atoms with Crippen LogP contribution in [0.2, 0.25) is 0 Å². The molecule has 0 saturated carbocycles. The van der Waals surface area contributed by atoms with Crippen LogP contribution in [-0.2, 0) is 12.8 Å². The Balaban J connectivity index is 2.33. The predicted molar refractivity (Wildman–Crippen MR) is 72.7 cm³/mol. The maximum Gasteiger partial charge on any atom is 0.157 e. The topological polar surface area (TPSA) is 64.9 Å². The van der Waals surface area contributed by atoms with Gasteiger partial charge in [0.25, 0.3) is 0 Å². The molecule has 0 bridgehead atoms. The summed E-state index contributed by atoms with van der Waals surface area (Å²) >= 11 is 0. The standard InChI is InChI=1S/C13H19N5O/c1-4-10-9-11(5-6-12(10)19-3)18-13(7-8-14-2)15-16-17-18/h5-6,9,14H,4,7-8H2,1-3H3. The maximum absolute atomic E-state index is 5.33. The van der Waals surface area contributed by atoms with E-state index in [9.17, 15) is 0 Å². The van der Waals surface area contributed by atoms with E-state index >= 15 is 0 Å². The van der Waals surface area contributed by atoms with E-state index in [1.54, 1.807) is 11.8 Å². The van der Waals surface area contributed by atoms with Crippen molar-refractivity contribution in [3.05, 3.63) is 29.6 Å². The largest absolute Gasteiger partial charge is 0.496 e. The Kier molecular flexibility index (Phi) is 4.46. The molecule has 0 spiro atoms. The van der Waals surface area contributed by atoms with Crippen LogP contribution in [0.25, 0.3) is 5.69 Å². The van der Waals surface area contributed by atoms with Crippen LogP contribution in [0, 0.1) is 0 Å². The average Bonchev–Trinajstić information content (AvgIpc) is 2.92. The molecular weight excluding hydrogens is 242 g/mol. The van der Waals surface area contributed by atoms with Gasteiger partial charge >= 0.3 is 0 Å². The van der Waals surface area contributed by atoms with Crippen molar-refractivity contribution in [3.8, 4) is 11.4 Å². The first-order valence-electron chi connectivity index (χ1n) is 6.39. The molecule has 1 heterocycles. The molecule has 0 amide bonds. The Morgan fingerprint density at radius 3 is 2.89 bits per heavy atom. The van der Waals surface area contributed by atoms with Gasteiger partial charge in [-0.3, -0.25) is 0 Å². The highest BCUT2D eigenvalue weighted by Gasteiger charge is 2.10. The van der Waals surface area contributed by atoms with E-state index in [0.29, 0.717) is 0 Å². The molecule has 1 aromatic heterocycles. The smallest absolute Gasteiger partial charge is 0.157 e. The molecule has 102 valence electrons. The average molecular weight is 261 g/mol. The second-order valence-corrected chi connectivity index (χ2v) is 4.21. The second kappa shape index (κ2) is 6.29. The zero-order valence-electron chi connectivity index (χ0n) is 11.6. The number of aromatic nitrogens is 4. The molecule has 0 saturated heterocycles. The van der Waals surface area contributed by atoms with Crippen LogP contribution in [0.1, 0.15) is 18.3 Å². The molecule has 2 rings (SSSR count). The summed E-state index contributed by atoms with van der Waals surface area (Å²) in [5, 5.41) is 15.0.